The number of piperidine rings is 1. The Morgan fingerprint density at radius 2 is 1.85 bits per heavy atom. The average molecular weight is 284 g/mol. The minimum Gasteiger partial charge on any atom is -0.466 e. The lowest BCUT2D eigenvalue weighted by Crippen LogP contribution is -2.38. The van der Waals surface area contributed by atoms with E-state index in [9.17, 15) is 14.4 Å². The molecule has 20 heavy (non-hydrogen) atoms. The molecular weight excluding hydrogens is 260 g/mol. The molecule has 2 N–H and O–H groups in total. The van der Waals surface area contributed by atoms with Gasteiger partial charge in [0.15, 0.2) is 0 Å². The molecule has 0 saturated carbocycles. The maximum Gasteiger partial charge on any atom is 0.306 e. The number of nitrogens with two attached hydrogens (primary N) is 1. The Labute approximate surface area is 119 Å². The maximum atomic E-state index is 11.8. The topological polar surface area (TPSA) is 89.7 Å². The van der Waals surface area contributed by atoms with E-state index >= 15 is 0 Å². The number of rotatable bonds is 8. The molecule has 6 heteroatoms. The van der Waals surface area contributed by atoms with E-state index in [1.165, 1.54) is 0 Å². The Morgan fingerprint density at radius 1 is 1.20 bits per heavy atom. The number of ether oxygens (including phenoxy) is 1. The van der Waals surface area contributed by atoms with Crippen LogP contribution in [0.4, 0.5) is 0 Å². The van der Waals surface area contributed by atoms with Gasteiger partial charge in [-0.25, -0.2) is 0 Å². The average Bonchev–Trinajstić information content (AvgIpc) is 2.38. The lowest BCUT2D eigenvalue weighted by Gasteiger charge is -2.30. The SMILES string of the molecule is CCOC(=O)CCC(=O)CN1CCC(CC(N)=O)CC1. The Hall–Kier alpha value is -1.43. The van der Waals surface area contributed by atoms with Crippen LogP contribution in [0.3, 0.4) is 0 Å². The minimum atomic E-state index is -0.319. The second-order valence-electron chi connectivity index (χ2n) is 5.23. The Bertz CT molecular complexity index is 349. The lowest BCUT2D eigenvalue weighted by atomic mass is 9.93. The van der Waals surface area contributed by atoms with Gasteiger partial charge in [0, 0.05) is 12.8 Å². The highest BCUT2D eigenvalue weighted by Gasteiger charge is 2.22. The lowest BCUT2D eigenvalue weighted by molar-refractivity contribution is -0.144. The van der Waals surface area contributed by atoms with Crippen molar-refractivity contribution < 1.29 is 19.1 Å². The third kappa shape index (κ3) is 6.65. The van der Waals surface area contributed by atoms with E-state index in [0.717, 1.165) is 25.9 Å². The van der Waals surface area contributed by atoms with Crippen molar-refractivity contribution in [3.8, 4) is 0 Å². The molecule has 0 spiro atoms. The maximum absolute atomic E-state index is 11.8. The first-order valence-electron chi connectivity index (χ1n) is 7.19. The number of hydrogen-bond donors (Lipinski definition) is 1. The third-order valence-corrected chi connectivity index (χ3v) is 3.51. The Kier molecular flexibility index (Phi) is 7.22. The summed E-state index contributed by atoms with van der Waals surface area (Å²) < 4.78 is 4.78. The summed E-state index contributed by atoms with van der Waals surface area (Å²) >= 11 is 0. The zero-order valence-corrected chi connectivity index (χ0v) is 12.1. The number of nitrogens with zero attached hydrogens (tertiary/aromatic N) is 1. The largest absolute Gasteiger partial charge is 0.466 e. The predicted octanol–water partition coefficient (Wildman–Crippen LogP) is 0.486. The van der Waals surface area contributed by atoms with Crippen LogP contribution in [0.2, 0.25) is 0 Å². The number of Topliss-reactive ketones (excluding diaryl/α,β-unsaturated/α-hetero) is 1. The Morgan fingerprint density at radius 3 is 2.40 bits per heavy atom. The van der Waals surface area contributed by atoms with E-state index in [4.69, 9.17) is 10.5 Å². The van der Waals surface area contributed by atoms with Gasteiger partial charge in [-0.2, -0.15) is 0 Å². The van der Waals surface area contributed by atoms with Gasteiger partial charge in [0.25, 0.3) is 0 Å². The molecule has 1 heterocycles. The molecule has 0 aliphatic carbocycles. The molecule has 1 rings (SSSR count). The number of likely N-dealkylation sites (tertiary alicyclic amines) is 1. The van der Waals surface area contributed by atoms with Crippen molar-refractivity contribution in [1.82, 2.24) is 4.90 Å². The molecule has 0 aromatic rings. The van der Waals surface area contributed by atoms with E-state index in [1.54, 1.807) is 6.92 Å². The number of amides is 1. The summed E-state index contributed by atoms with van der Waals surface area (Å²) in [6.07, 6.45) is 2.62. The van der Waals surface area contributed by atoms with Crippen LogP contribution in [0.5, 0.6) is 0 Å². The van der Waals surface area contributed by atoms with Crippen LogP contribution in [0.1, 0.15) is 39.0 Å². The van der Waals surface area contributed by atoms with Gasteiger partial charge in [-0.15, -0.1) is 0 Å². The molecule has 1 aliphatic heterocycles. The van der Waals surface area contributed by atoms with Gasteiger partial charge < -0.3 is 10.5 Å². The smallest absolute Gasteiger partial charge is 0.306 e. The number of carbonyl (C=O) groups excluding carboxylic acids is 3. The van der Waals surface area contributed by atoms with E-state index in [-0.39, 0.29) is 30.5 Å². The molecule has 6 nitrogen and oxygen atoms in total. The van der Waals surface area contributed by atoms with Gasteiger partial charge in [-0.3, -0.25) is 19.3 Å². The minimum absolute atomic E-state index is 0.0615. The molecule has 0 radical (unpaired) electrons. The summed E-state index contributed by atoms with van der Waals surface area (Å²) in [6, 6.07) is 0. The quantitative estimate of drug-likeness (QED) is 0.655. The summed E-state index contributed by atoms with van der Waals surface area (Å²) in [6.45, 7) is 4.09. The molecule has 1 fully saturated rings. The summed E-state index contributed by atoms with van der Waals surface area (Å²) in [5, 5.41) is 0. The van der Waals surface area contributed by atoms with Crippen molar-refractivity contribution in [2.75, 3.05) is 26.2 Å². The van der Waals surface area contributed by atoms with Crippen LogP contribution in [0.15, 0.2) is 0 Å². The predicted molar refractivity (Wildman–Crippen MR) is 73.8 cm³/mol. The van der Waals surface area contributed by atoms with E-state index in [2.05, 4.69) is 4.90 Å². The Balaban J connectivity index is 2.18. The molecule has 1 amide bonds. The molecule has 0 atom stereocenters. The summed E-state index contributed by atoms with van der Waals surface area (Å²) in [5.41, 5.74) is 5.18. The molecule has 0 aromatic heterocycles. The van der Waals surface area contributed by atoms with Gasteiger partial charge in [0.2, 0.25) is 5.91 Å². The fourth-order valence-corrected chi connectivity index (χ4v) is 2.44. The standard InChI is InChI=1S/C14H24N2O4/c1-2-20-14(19)4-3-12(17)10-16-7-5-11(6-8-16)9-13(15)18/h11H,2-10H2,1H3,(H2,15,18). The van der Waals surface area contributed by atoms with Crippen LogP contribution in [-0.4, -0.2) is 48.8 Å². The first-order valence-corrected chi connectivity index (χ1v) is 7.19. The normalized spacial score (nSPS) is 16.9. The highest BCUT2D eigenvalue weighted by molar-refractivity contribution is 5.84. The van der Waals surface area contributed by atoms with Crippen LogP contribution in [0, 0.1) is 5.92 Å². The van der Waals surface area contributed by atoms with Crippen molar-refractivity contribution in [2.45, 2.75) is 39.0 Å². The molecular formula is C14H24N2O4. The first-order chi connectivity index (χ1) is 9.51. The van der Waals surface area contributed by atoms with E-state index in [0.29, 0.717) is 25.5 Å². The number of esters is 1. The van der Waals surface area contributed by atoms with Gasteiger partial charge in [-0.1, -0.05) is 0 Å². The van der Waals surface area contributed by atoms with Crippen molar-refractivity contribution in [3.63, 3.8) is 0 Å². The van der Waals surface area contributed by atoms with Gasteiger partial charge in [0.05, 0.1) is 19.6 Å². The van der Waals surface area contributed by atoms with Gasteiger partial charge in [0.1, 0.15) is 5.78 Å². The second-order valence-corrected chi connectivity index (χ2v) is 5.23. The summed E-state index contributed by atoms with van der Waals surface area (Å²) in [7, 11) is 0. The second kappa shape index (κ2) is 8.68. The van der Waals surface area contributed by atoms with Crippen molar-refractivity contribution in [1.29, 1.82) is 0 Å². The van der Waals surface area contributed by atoms with Crippen LogP contribution < -0.4 is 5.73 Å². The highest BCUT2D eigenvalue weighted by Crippen LogP contribution is 2.20. The number of hydrogen-bond acceptors (Lipinski definition) is 5. The monoisotopic (exact) mass is 284 g/mol. The molecule has 114 valence electrons. The molecule has 1 aliphatic rings. The fourth-order valence-electron chi connectivity index (χ4n) is 2.44. The van der Waals surface area contributed by atoms with E-state index < -0.39 is 0 Å². The van der Waals surface area contributed by atoms with E-state index in [1.807, 2.05) is 0 Å². The first kappa shape index (κ1) is 16.6. The number of ketones is 1. The zero-order chi connectivity index (χ0) is 15.0. The van der Waals surface area contributed by atoms with Crippen molar-refractivity contribution >= 4 is 17.7 Å². The molecule has 0 unspecified atom stereocenters. The van der Waals surface area contributed by atoms with Gasteiger partial charge in [-0.05, 0) is 38.8 Å². The van der Waals surface area contributed by atoms with Crippen LogP contribution in [-0.2, 0) is 19.1 Å². The summed E-state index contributed by atoms with van der Waals surface area (Å²) in [5.74, 6) is -0.167. The van der Waals surface area contributed by atoms with Crippen LogP contribution >= 0.6 is 0 Å². The molecule has 0 bridgehead atoms. The summed E-state index contributed by atoms with van der Waals surface area (Å²) in [4.78, 5) is 35.8. The van der Waals surface area contributed by atoms with Crippen LogP contribution in [0.25, 0.3) is 0 Å². The highest BCUT2D eigenvalue weighted by atomic mass is 16.5. The van der Waals surface area contributed by atoms with Gasteiger partial charge >= 0.3 is 5.97 Å². The number of carbonyl (C=O) groups is 3. The molecule has 1 saturated heterocycles. The zero-order valence-electron chi connectivity index (χ0n) is 12.1. The van der Waals surface area contributed by atoms with Crippen molar-refractivity contribution in [2.24, 2.45) is 11.7 Å². The fraction of sp³-hybridized carbons (Fsp3) is 0.786. The number of primary amides is 1. The third-order valence-electron chi connectivity index (χ3n) is 3.51. The molecule has 0 aromatic carbocycles. The van der Waals surface area contributed by atoms with Crippen molar-refractivity contribution in [3.05, 3.63) is 0 Å².